The van der Waals surface area contributed by atoms with Crippen molar-refractivity contribution in [2.24, 2.45) is 0 Å². The molecule has 0 aliphatic heterocycles. The number of rotatable bonds is 12. The zero-order valence-corrected chi connectivity index (χ0v) is 27.2. The van der Waals surface area contributed by atoms with Gasteiger partial charge in [0.15, 0.2) is 0 Å². The number of halogens is 3. The quantitative estimate of drug-likeness (QED) is 0.178. The molecule has 0 aliphatic carbocycles. The average molecular weight is 703 g/mol. The van der Waals surface area contributed by atoms with Gasteiger partial charge in [0.25, 0.3) is 10.0 Å². The minimum Gasteiger partial charge on any atom is -0.355 e. The van der Waals surface area contributed by atoms with Gasteiger partial charge in [-0.05, 0) is 60.5 Å². The standard InChI is InChI=1S/C32H30BrCl2N3O4S/c1-2-36-32(40)30(19-23-10-5-3-6-11-23)37(21-24-12-9-13-25(33)18-24)31(39)22-38(29-20-26(34)16-17-28(29)35)43(41,42)27-14-7-4-8-15-27/h3-18,20,30H,2,19,21-22H2,1H3,(H,36,40). The van der Waals surface area contributed by atoms with Crippen LogP contribution in [0.2, 0.25) is 10.0 Å². The van der Waals surface area contributed by atoms with Crippen molar-refractivity contribution in [2.45, 2.75) is 30.8 Å². The van der Waals surface area contributed by atoms with Crippen LogP contribution in [0.25, 0.3) is 0 Å². The van der Waals surface area contributed by atoms with Crippen molar-refractivity contribution in [3.05, 3.63) is 129 Å². The number of anilines is 1. The first-order chi connectivity index (χ1) is 20.6. The maximum Gasteiger partial charge on any atom is 0.264 e. The molecule has 0 fully saturated rings. The van der Waals surface area contributed by atoms with Crippen molar-refractivity contribution in [1.82, 2.24) is 10.2 Å². The van der Waals surface area contributed by atoms with Crippen molar-refractivity contribution < 1.29 is 18.0 Å². The van der Waals surface area contributed by atoms with E-state index >= 15 is 0 Å². The van der Waals surface area contributed by atoms with Gasteiger partial charge in [0.1, 0.15) is 12.6 Å². The summed E-state index contributed by atoms with van der Waals surface area (Å²) in [7, 11) is -4.28. The van der Waals surface area contributed by atoms with E-state index in [-0.39, 0.29) is 39.5 Å². The number of nitrogens with zero attached hydrogens (tertiary/aromatic N) is 2. The van der Waals surface area contributed by atoms with Crippen molar-refractivity contribution >= 4 is 66.7 Å². The smallest absolute Gasteiger partial charge is 0.264 e. The fourth-order valence-electron chi connectivity index (χ4n) is 4.59. The summed E-state index contributed by atoms with van der Waals surface area (Å²) in [6.07, 6.45) is 0.218. The maximum atomic E-state index is 14.4. The molecule has 11 heteroatoms. The molecular formula is C32H30BrCl2N3O4S. The molecule has 1 N–H and O–H groups in total. The summed E-state index contributed by atoms with van der Waals surface area (Å²) < 4.78 is 29.8. The van der Waals surface area contributed by atoms with Gasteiger partial charge in [-0.2, -0.15) is 0 Å². The first kappa shape index (κ1) is 32.5. The Kier molecular flexibility index (Phi) is 11.3. The second-order valence-corrected chi connectivity index (χ2v) is 13.3. The van der Waals surface area contributed by atoms with Crippen LogP contribution in [0.15, 0.2) is 112 Å². The summed E-state index contributed by atoms with van der Waals surface area (Å²) in [6, 6.07) is 28.0. The molecule has 1 unspecified atom stereocenters. The van der Waals surface area contributed by atoms with E-state index in [1.165, 1.54) is 35.2 Å². The fourth-order valence-corrected chi connectivity index (χ4v) is 6.92. The molecule has 0 radical (unpaired) electrons. The number of benzene rings is 4. The summed E-state index contributed by atoms with van der Waals surface area (Å²) in [5.41, 5.74) is 1.65. The third kappa shape index (κ3) is 8.38. The largest absolute Gasteiger partial charge is 0.355 e. The Bertz CT molecular complexity index is 1670. The Morgan fingerprint density at radius 3 is 2.16 bits per heavy atom. The van der Waals surface area contributed by atoms with Gasteiger partial charge in [-0.1, -0.05) is 99.8 Å². The molecule has 0 saturated heterocycles. The highest BCUT2D eigenvalue weighted by Crippen LogP contribution is 2.33. The molecule has 0 aliphatic rings. The molecule has 224 valence electrons. The van der Waals surface area contributed by atoms with Crippen LogP contribution in [0.5, 0.6) is 0 Å². The van der Waals surface area contributed by atoms with Crippen LogP contribution in [0.4, 0.5) is 5.69 Å². The lowest BCUT2D eigenvalue weighted by molar-refractivity contribution is -0.140. The minimum atomic E-state index is -4.28. The number of hydrogen-bond acceptors (Lipinski definition) is 4. The SMILES string of the molecule is CCNC(=O)C(Cc1ccccc1)N(Cc1cccc(Br)c1)C(=O)CN(c1cc(Cl)ccc1Cl)S(=O)(=O)c1ccccc1. The third-order valence-electron chi connectivity index (χ3n) is 6.65. The first-order valence-electron chi connectivity index (χ1n) is 13.5. The lowest BCUT2D eigenvalue weighted by Gasteiger charge is -2.34. The average Bonchev–Trinajstić information content (AvgIpc) is 3.00. The molecule has 4 rings (SSSR count). The topological polar surface area (TPSA) is 86.8 Å². The monoisotopic (exact) mass is 701 g/mol. The number of amides is 2. The summed E-state index contributed by atoms with van der Waals surface area (Å²) in [5, 5.41) is 3.19. The first-order valence-corrected chi connectivity index (χ1v) is 16.5. The minimum absolute atomic E-state index is 0.0260. The molecule has 0 spiro atoms. The Labute approximate surface area is 270 Å². The Morgan fingerprint density at radius 1 is 0.860 bits per heavy atom. The molecule has 0 heterocycles. The van der Waals surface area contributed by atoms with Gasteiger partial charge in [0.2, 0.25) is 11.8 Å². The van der Waals surface area contributed by atoms with Gasteiger partial charge in [-0.25, -0.2) is 8.42 Å². The zero-order valence-electron chi connectivity index (χ0n) is 23.3. The van der Waals surface area contributed by atoms with E-state index in [0.717, 1.165) is 19.9 Å². The van der Waals surface area contributed by atoms with Gasteiger partial charge in [0, 0.05) is 29.0 Å². The Morgan fingerprint density at radius 2 is 1.51 bits per heavy atom. The molecule has 0 saturated carbocycles. The van der Waals surface area contributed by atoms with Gasteiger partial charge in [-0.15, -0.1) is 0 Å². The van der Waals surface area contributed by atoms with Crippen molar-refractivity contribution in [2.75, 3.05) is 17.4 Å². The van der Waals surface area contributed by atoms with E-state index in [0.29, 0.717) is 6.54 Å². The predicted molar refractivity (Wildman–Crippen MR) is 175 cm³/mol. The molecule has 0 bridgehead atoms. The zero-order chi connectivity index (χ0) is 31.0. The van der Waals surface area contributed by atoms with Crippen LogP contribution in [0.1, 0.15) is 18.1 Å². The molecule has 2 amide bonds. The second kappa shape index (κ2) is 14.9. The normalized spacial score (nSPS) is 11.9. The molecular weight excluding hydrogens is 673 g/mol. The summed E-state index contributed by atoms with van der Waals surface area (Å²) in [4.78, 5) is 29.3. The van der Waals surface area contributed by atoms with E-state index in [9.17, 15) is 18.0 Å². The van der Waals surface area contributed by atoms with Crippen molar-refractivity contribution in [3.63, 3.8) is 0 Å². The lowest BCUT2D eigenvalue weighted by Crippen LogP contribution is -2.53. The van der Waals surface area contributed by atoms with E-state index < -0.39 is 28.5 Å². The Balaban J connectivity index is 1.82. The number of carbonyl (C=O) groups excluding carboxylic acids is 2. The van der Waals surface area contributed by atoms with E-state index in [2.05, 4.69) is 21.2 Å². The van der Waals surface area contributed by atoms with E-state index in [1.54, 1.807) is 25.1 Å². The lowest BCUT2D eigenvalue weighted by atomic mass is 10.0. The van der Waals surface area contributed by atoms with Gasteiger partial charge < -0.3 is 10.2 Å². The highest BCUT2D eigenvalue weighted by molar-refractivity contribution is 9.10. The number of nitrogens with one attached hydrogen (secondary N) is 1. The summed E-state index contributed by atoms with van der Waals surface area (Å²) >= 11 is 16.2. The molecule has 1 atom stereocenters. The number of hydrogen-bond donors (Lipinski definition) is 1. The molecule has 43 heavy (non-hydrogen) atoms. The summed E-state index contributed by atoms with van der Waals surface area (Å²) in [5.74, 6) is -0.948. The summed E-state index contributed by atoms with van der Waals surface area (Å²) in [6.45, 7) is 1.58. The highest BCUT2D eigenvalue weighted by Gasteiger charge is 2.35. The second-order valence-electron chi connectivity index (χ2n) is 9.67. The van der Waals surface area contributed by atoms with E-state index in [4.69, 9.17) is 23.2 Å². The van der Waals surface area contributed by atoms with E-state index in [1.807, 2.05) is 54.6 Å². The highest BCUT2D eigenvalue weighted by atomic mass is 79.9. The van der Waals surface area contributed by atoms with Gasteiger partial charge >= 0.3 is 0 Å². The number of likely N-dealkylation sites (N-methyl/N-ethyl adjacent to an activating group) is 1. The molecule has 4 aromatic carbocycles. The van der Waals surface area contributed by atoms with Gasteiger partial charge in [0.05, 0.1) is 15.6 Å². The number of sulfonamides is 1. The van der Waals surface area contributed by atoms with Crippen LogP contribution < -0.4 is 9.62 Å². The van der Waals surface area contributed by atoms with Gasteiger partial charge in [-0.3, -0.25) is 13.9 Å². The molecule has 7 nitrogen and oxygen atoms in total. The van der Waals surface area contributed by atoms with Crippen molar-refractivity contribution in [1.29, 1.82) is 0 Å². The van der Waals surface area contributed by atoms with Crippen LogP contribution >= 0.6 is 39.1 Å². The molecule has 0 aromatic heterocycles. The number of carbonyl (C=O) groups is 2. The van der Waals surface area contributed by atoms with Crippen LogP contribution in [-0.2, 0) is 32.6 Å². The van der Waals surface area contributed by atoms with Crippen LogP contribution in [-0.4, -0.2) is 44.3 Å². The van der Waals surface area contributed by atoms with Crippen molar-refractivity contribution in [3.8, 4) is 0 Å². The Hall–Kier alpha value is -3.37. The molecule has 4 aromatic rings. The fraction of sp³-hybridized carbons (Fsp3) is 0.188. The predicted octanol–water partition coefficient (Wildman–Crippen LogP) is 6.73. The maximum absolute atomic E-state index is 14.4. The van der Waals surface area contributed by atoms with Crippen LogP contribution in [0.3, 0.4) is 0 Å². The van der Waals surface area contributed by atoms with Crippen LogP contribution in [0, 0.1) is 0 Å². The third-order valence-corrected chi connectivity index (χ3v) is 9.47.